The second-order valence-electron chi connectivity index (χ2n) is 10.4. The smallest absolute Gasteiger partial charge is 0.416 e. The van der Waals surface area contributed by atoms with Crippen LogP contribution < -0.4 is 15.4 Å². The van der Waals surface area contributed by atoms with Crippen molar-refractivity contribution in [3.63, 3.8) is 0 Å². The van der Waals surface area contributed by atoms with Gasteiger partial charge in [-0.25, -0.2) is 4.79 Å². The number of nitrogens with two attached hydrogens (primary N) is 1. The second kappa shape index (κ2) is 12.3. The first-order valence-corrected chi connectivity index (χ1v) is 14.1. The molecule has 3 aromatic carbocycles. The van der Waals surface area contributed by atoms with E-state index in [1.165, 1.54) is 24.1 Å². The van der Waals surface area contributed by atoms with E-state index >= 15 is 0 Å². The minimum atomic E-state index is -4.70. The molecule has 0 fully saturated rings. The molecule has 0 radical (unpaired) electrons. The summed E-state index contributed by atoms with van der Waals surface area (Å²) in [6, 6.07) is 17.6. The highest BCUT2D eigenvalue weighted by Gasteiger charge is 2.51. The van der Waals surface area contributed by atoms with Crippen LogP contribution in [0.5, 0.6) is 5.75 Å². The highest BCUT2D eigenvalue weighted by Crippen LogP contribution is 2.52. The molecule has 2 aliphatic rings. The average Bonchev–Trinajstić information content (AvgIpc) is 3.03. The molecule has 2 N–H and O–H groups in total. The summed E-state index contributed by atoms with van der Waals surface area (Å²) >= 11 is 6.61. The third-order valence-electron chi connectivity index (χ3n) is 8.09. The molecule has 0 spiro atoms. The van der Waals surface area contributed by atoms with E-state index < -0.39 is 47.2 Å². The van der Waals surface area contributed by atoms with Gasteiger partial charge in [0.15, 0.2) is 5.78 Å². The maximum absolute atomic E-state index is 14.7. The minimum absolute atomic E-state index is 0.0322. The van der Waals surface area contributed by atoms with E-state index in [1.807, 2.05) is 0 Å². The van der Waals surface area contributed by atoms with Gasteiger partial charge in [0.2, 0.25) is 0 Å². The molecule has 0 bridgehead atoms. The SMILES string of the molecule is COC(=O)C1=C(N)N(c2cccc(C(F)(F)F)c2)C2=C(C(=O)[C@H](C(=O)OC)[C@@H](c3ccc(OC)cc3)C2)[C@@H]1c1ccccc1Cl. The topological polar surface area (TPSA) is 108 Å². The Morgan fingerprint density at radius 1 is 0.956 bits per heavy atom. The maximum Gasteiger partial charge on any atom is 0.416 e. The van der Waals surface area contributed by atoms with E-state index in [9.17, 15) is 27.6 Å². The number of Topliss-reactive ketones (excluding diaryl/α,β-unsaturated/α-hetero) is 1. The van der Waals surface area contributed by atoms with Crippen LogP contribution in [0.4, 0.5) is 18.9 Å². The van der Waals surface area contributed by atoms with Crippen LogP contribution in [0.1, 0.15) is 34.9 Å². The van der Waals surface area contributed by atoms with Crippen molar-refractivity contribution >= 4 is 35.0 Å². The Hall–Kier alpha value is -4.77. The van der Waals surface area contributed by atoms with Crippen LogP contribution in [0.2, 0.25) is 5.02 Å². The molecule has 0 saturated carbocycles. The van der Waals surface area contributed by atoms with E-state index in [4.69, 9.17) is 31.5 Å². The van der Waals surface area contributed by atoms with Crippen molar-refractivity contribution in [2.75, 3.05) is 26.2 Å². The summed E-state index contributed by atoms with van der Waals surface area (Å²) in [5.74, 6) is -5.55. The van der Waals surface area contributed by atoms with Gasteiger partial charge in [0.1, 0.15) is 17.5 Å². The Morgan fingerprint density at radius 2 is 1.64 bits per heavy atom. The van der Waals surface area contributed by atoms with Crippen LogP contribution in [0.15, 0.2) is 95.5 Å². The quantitative estimate of drug-likeness (QED) is 0.254. The van der Waals surface area contributed by atoms with Crippen LogP contribution in [0, 0.1) is 5.92 Å². The van der Waals surface area contributed by atoms with E-state index in [0.717, 1.165) is 26.4 Å². The largest absolute Gasteiger partial charge is 0.497 e. The summed E-state index contributed by atoms with van der Waals surface area (Å²) in [6.07, 6.45) is -4.74. The number of ether oxygens (including phenoxy) is 3. The predicted molar refractivity (Wildman–Crippen MR) is 159 cm³/mol. The molecule has 0 amide bonds. The van der Waals surface area contributed by atoms with Crippen molar-refractivity contribution in [1.29, 1.82) is 0 Å². The number of hydrogen-bond donors (Lipinski definition) is 1. The first-order chi connectivity index (χ1) is 21.4. The van der Waals surface area contributed by atoms with Crippen molar-refractivity contribution in [1.82, 2.24) is 0 Å². The van der Waals surface area contributed by atoms with E-state index in [-0.39, 0.29) is 39.8 Å². The first kappa shape index (κ1) is 31.6. The number of hydrogen-bond acceptors (Lipinski definition) is 8. The molecule has 8 nitrogen and oxygen atoms in total. The van der Waals surface area contributed by atoms with Crippen LogP contribution >= 0.6 is 11.6 Å². The Balaban J connectivity index is 1.84. The van der Waals surface area contributed by atoms with Crippen LogP contribution in [0.25, 0.3) is 0 Å². The van der Waals surface area contributed by atoms with Gasteiger partial charge in [-0.05, 0) is 53.9 Å². The lowest BCUT2D eigenvalue weighted by Gasteiger charge is -2.44. The van der Waals surface area contributed by atoms with Crippen molar-refractivity contribution in [3.05, 3.63) is 117 Å². The summed E-state index contributed by atoms with van der Waals surface area (Å²) in [5, 5.41) is 0.191. The van der Waals surface area contributed by atoms with Gasteiger partial charge >= 0.3 is 18.1 Å². The summed E-state index contributed by atoms with van der Waals surface area (Å²) in [6.45, 7) is 0. The van der Waals surface area contributed by atoms with Crippen LogP contribution in [0.3, 0.4) is 0 Å². The molecule has 234 valence electrons. The standard InChI is InChI=1S/C33H28ClF3N2O6/c1-43-20-13-11-17(12-14-20)22-16-24-27(29(40)26(22)31(41)44-2)25(21-9-4-5-10-23(21)34)28(32(42)45-3)30(38)39(24)19-8-6-7-18(15-19)33(35,36)37/h4-15,22,25-26H,16,38H2,1-3H3/t22-,25+,26-/m1/s1. The molecule has 0 saturated heterocycles. The zero-order valence-corrected chi connectivity index (χ0v) is 25.1. The normalized spacial score (nSPS) is 20.1. The fraction of sp³-hybridized carbons (Fsp3) is 0.242. The molecule has 0 unspecified atom stereocenters. The molecular weight excluding hydrogens is 613 g/mol. The maximum atomic E-state index is 14.7. The van der Waals surface area contributed by atoms with Gasteiger partial charge in [-0.2, -0.15) is 13.2 Å². The molecule has 5 rings (SSSR count). The highest BCUT2D eigenvalue weighted by atomic mass is 35.5. The first-order valence-electron chi connectivity index (χ1n) is 13.7. The number of anilines is 1. The highest BCUT2D eigenvalue weighted by molar-refractivity contribution is 6.31. The number of esters is 2. The number of rotatable bonds is 6. The van der Waals surface area contributed by atoms with Gasteiger partial charge in [0.05, 0.1) is 38.4 Å². The molecule has 1 aliphatic carbocycles. The fourth-order valence-corrected chi connectivity index (χ4v) is 6.28. The monoisotopic (exact) mass is 640 g/mol. The molecule has 3 atom stereocenters. The number of ketones is 1. The lowest BCUT2D eigenvalue weighted by Crippen LogP contribution is -2.46. The number of allylic oxidation sites excluding steroid dienone is 2. The number of halogens is 4. The summed E-state index contributed by atoms with van der Waals surface area (Å²) in [5.41, 5.74) is 6.52. The van der Waals surface area contributed by atoms with Crippen LogP contribution in [-0.4, -0.2) is 39.1 Å². The van der Waals surface area contributed by atoms with Gasteiger partial charge in [-0.15, -0.1) is 0 Å². The van der Waals surface area contributed by atoms with Gasteiger partial charge in [-0.3, -0.25) is 14.5 Å². The number of benzene rings is 3. The van der Waals surface area contributed by atoms with E-state index in [2.05, 4.69) is 0 Å². The molecule has 12 heteroatoms. The lowest BCUT2D eigenvalue weighted by molar-refractivity contribution is -0.150. The Kier molecular flexibility index (Phi) is 8.66. The number of alkyl halides is 3. The predicted octanol–water partition coefficient (Wildman–Crippen LogP) is 6.11. The molecular formula is C33H28ClF3N2O6. The number of methoxy groups -OCH3 is 3. The molecule has 45 heavy (non-hydrogen) atoms. The van der Waals surface area contributed by atoms with Crippen molar-refractivity contribution in [3.8, 4) is 5.75 Å². The minimum Gasteiger partial charge on any atom is -0.497 e. The van der Waals surface area contributed by atoms with Gasteiger partial charge < -0.3 is 19.9 Å². The number of carbonyl (C=O) groups excluding carboxylic acids is 3. The van der Waals surface area contributed by atoms with Gasteiger partial charge in [0, 0.05) is 27.9 Å². The summed E-state index contributed by atoms with van der Waals surface area (Å²) in [4.78, 5) is 42.7. The summed E-state index contributed by atoms with van der Waals surface area (Å²) in [7, 11) is 3.76. The molecule has 3 aromatic rings. The molecule has 1 heterocycles. The zero-order chi connectivity index (χ0) is 32.6. The Bertz CT molecular complexity index is 1730. The molecule has 1 aliphatic heterocycles. The van der Waals surface area contributed by atoms with Gasteiger partial charge in [0.25, 0.3) is 0 Å². The van der Waals surface area contributed by atoms with Crippen molar-refractivity contribution in [2.45, 2.75) is 24.4 Å². The average molecular weight is 641 g/mol. The van der Waals surface area contributed by atoms with E-state index in [1.54, 1.807) is 48.5 Å². The fourth-order valence-electron chi connectivity index (χ4n) is 6.04. The second-order valence-corrected chi connectivity index (χ2v) is 10.8. The summed E-state index contributed by atoms with van der Waals surface area (Å²) < 4.78 is 57.0. The van der Waals surface area contributed by atoms with Gasteiger partial charge in [-0.1, -0.05) is 48.0 Å². The Labute approximate surface area is 261 Å². The zero-order valence-electron chi connectivity index (χ0n) is 24.4. The van der Waals surface area contributed by atoms with Crippen molar-refractivity contribution in [2.24, 2.45) is 11.7 Å². The van der Waals surface area contributed by atoms with E-state index in [0.29, 0.717) is 16.9 Å². The number of nitrogens with zero attached hydrogens (tertiary/aromatic N) is 1. The number of carbonyl (C=O) groups is 3. The molecule has 0 aromatic heterocycles. The Morgan fingerprint density at radius 3 is 2.24 bits per heavy atom. The third-order valence-corrected chi connectivity index (χ3v) is 8.44. The van der Waals surface area contributed by atoms with Crippen LogP contribution in [-0.2, 0) is 30.0 Å². The lowest BCUT2D eigenvalue weighted by atomic mass is 9.67. The third kappa shape index (κ3) is 5.64. The van der Waals surface area contributed by atoms with Crippen molar-refractivity contribution < 1.29 is 41.8 Å².